The second-order valence-electron chi connectivity index (χ2n) is 7.22. The van der Waals surface area contributed by atoms with Crippen LogP contribution in [0.1, 0.15) is 63.0 Å². The van der Waals surface area contributed by atoms with Crippen molar-refractivity contribution in [3.63, 3.8) is 0 Å². The van der Waals surface area contributed by atoms with E-state index in [9.17, 15) is 13.2 Å². The van der Waals surface area contributed by atoms with Crippen LogP contribution in [-0.4, -0.2) is 33.6 Å². The van der Waals surface area contributed by atoms with Gasteiger partial charge in [-0.1, -0.05) is 13.0 Å². The Hall–Kier alpha value is -2.58. The van der Waals surface area contributed by atoms with Crippen LogP contribution in [0, 0.1) is 0 Å². The van der Waals surface area contributed by atoms with Gasteiger partial charge >= 0.3 is 0 Å². The summed E-state index contributed by atoms with van der Waals surface area (Å²) in [6.45, 7) is 10.4. The van der Waals surface area contributed by atoms with Crippen LogP contribution in [-0.2, 0) is 10.0 Å². The maximum Gasteiger partial charge on any atom is 0.251 e. The first-order valence-electron chi connectivity index (χ1n) is 10.5. The highest BCUT2D eigenvalue weighted by molar-refractivity contribution is 7.89. The summed E-state index contributed by atoms with van der Waals surface area (Å²) >= 11 is 0. The Morgan fingerprint density at radius 1 is 0.935 bits per heavy atom. The normalized spacial score (nSPS) is 13.3. The van der Waals surface area contributed by atoms with Crippen LogP contribution < -0.4 is 19.5 Å². The van der Waals surface area contributed by atoms with Gasteiger partial charge in [-0.15, -0.1) is 0 Å². The molecule has 1 amide bonds. The summed E-state index contributed by atoms with van der Waals surface area (Å²) in [6, 6.07) is 11.0. The van der Waals surface area contributed by atoms with Crippen LogP contribution >= 0.6 is 0 Å². The van der Waals surface area contributed by atoms with E-state index in [2.05, 4.69) is 10.0 Å². The quantitative estimate of drug-likeness (QED) is 0.541. The van der Waals surface area contributed by atoms with Crippen LogP contribution in [0.4, 0.5) is 0 Å². The fraction of sp³-hybridized carbons (Fsp3) is 0.435. The summed E-state index contributed by atoms with van der Waals surface area (Å²) in [6.07, 6.45) is 0.689. The summed E-state index contributed by atoms with van der Waals surface area (Å²) in [5, 5.41) is 2.93. The molecule has 2 unspecified atom stereocenters. The monoisotopic (exact) mass is 448 g/mol. The smallest absolute Gasteiger partial charge is 0.251 e. The molecule has 31 heavy (non-hydrogen) atoms. The predicted molar refractivity (Wildman–Crippen MR) is 121 cm³/mol. The van der Waals surface area contributed by atoms with Gasteiger partial charge in [0.15, 0.2) is 11.5 Å². The second-order valence-corrected chi connectivity index (χ2v) is 8.94. The zero-order chi connectivity index (χ0) is 23.0. The van der Waals surface area contributed by atoms with Crippen molar-refractivity contribution in [2.24, 2.45) is 0 Å². The number of nitrogens with one attached hydrogen (secondary N) is 2. The Morgan fingerprint density at radius 3 is 2.13 bits per heavy atom. The van der Waals surface area contributed by atoms with E-state index in [-0.39, 0.29) is 22.9 Å². The summed E-state index contributed by atoms with van der Waals surface area (Å²) in [5.41, 5.74) is 1.25. The number of carbonyl (C=O) groups is 1. The van der Waals surface area contributed by atoms with Gasteiger partial charge in [0.25, 0.3) is 5.91 Å². The van der Waals surface area contributed by atoms with Crippen molar-refractivity contribution in [2.75, 3.05) is 13.2 Å². The van der Waals surface area contributed by atoms with Crippen LogP contribution in [0.25, 0.3) is 0 Å². The molecular weight excluding hydrogens is 416 g/mol. The third-order valence-electron chi connectivity index (χ3n) is 4.81. The standard InChI is InChI=1S/C23H32N2O5S/c1-6-16(4)25-31(27,28)20-12-9-18(10-13-20)23(26)24-17(5)19-11-14-21(29-7-2)22(15-19)30-8-3/h9-17,25H,6-8H2,1-5H3,(H,24,26). The lowest BCUT2D eigenvalue weighted by atomic mass is 10.1. The second kappa shape index (κ2) is 11.2. The minimum Gasteiger partial charge on any atom is -0.490 e. The molecule has 170 valence electrons. The van der Waals surface area contributed by atoms with Crippen molar-refractivity contribution >= 4 is 15.9 Å². The molecule has 2 aromatic carbocycles. The van der Waals surface area contributed by atoms with E-state index in [1.54, 1.807) is 6.92 Å². The molecular formula is C23H32N2O5S. The van der Waals surface area contributed by atoms with E-state index >= 15 is 0 Å². The van der Waals surface area contributed by atoms with Gasteiger partial charge in [-0.2, -0.15) is 0 Å². The molecule has 0 saturated carbocycles. The third kappa shape index (κ3) is 6.70. The molecule has 0 bridgehead atoms. The van der Waals surface area contributed by atoms with Crippen LogP contribution in [0.5, 0.6) is 11.5 Å². The number of hydrogen-bond acceptors (Lipinski definition) is 5. The van der Waals surface area contributed by atoms with Gasteiger partial charge in [0, 0.05) is 11.6 Å². The molecule has 0 aliphatic heterocycles. The summed E-state index contributed by atoms with van der Waals surface area (Å²) < 4.78 is 38.6. The van der Waals surface area contributed by atoms with Gasteiger partial charge in [0.05, 0.1) is 24.2 Å². The number of rotatable bonds is 11. The van der Waals surface area contributed by atoms with Gasteiger partial charge < -0.3 is 14.8 Å². The molecule has 2 aromatic rings. The Labute approximate surface area is 185 Å². The van der Waals surface area contributed by atoms with Gasteiger partial charge in [0.2, 0.25) is 10.0 Å². The molecule has 0 fully saturated rings. The fourth-order valence-corrected chi connectivity index (χ4v) is 4.23. The molecule has 0 aliphatic carbocycles. The Kier molecular flexibility index (Phi) is 8.88. The Morgan fingerprint density at radius 2 is 1.55 bits per heavy atom. The highest BCUT2D eigenvalue weighted by Gasteiger charge is 2.18. The van der Waals surface area contributed by atoms with E-state index < -0.39 is 10.0 Å². The lowest BCUT2D eigenvalue weighted by molar-refractivity contribution is 0.0939. The zero-order valence-electron chi connectivity index (χ0n) is 18.8. The Bertz CT molecular complexity index is 974. The molecule has 0 spiro atoms. The SMILES string of the molecule is CCOc1ccc(C(C)NC(=O)c2ccc(S(=O)(=O)NC(C)CC)cc2)cc1OCC. The highest BCUT2D eigenvalue weighted by Crippen LogP contribution is 2.30. The fourth-order valence-electron chi connectivity index (χ4n) is 2.90. The average molecular weight is 449 g/mol. The minimum atomic E-state index is -3.61. The molecule has 0 heterocycles. The lowest BCUT2D eigenvalue weighted by Gasteiger charge is -2.18. The Balaban J connectivity index is 2.12. The van der Waals surface area contributed by atoms with Crippen molar-refractivity contribution in [3.8, 4) is 11.5 Å². The van der Waals surface area contributed by atoms with E-state index in [4.69, 9.17) is 9.47 Å². The zero-order valence-corrected chi connectivity index (χ0v) is 19.6. The highest BCUT2D eigenvalue weighted by atomic mass is 32.2. The summed E-state index contributed by atoms with van der Waals surface area (Å²) in [5.74, 6) is 0.999. The van der Waals surface area contributed by atoms with Crippen LogP contribution in [0.3, 0.4) is 0 Å². The topological polar surface area (TPSA) is 93.7 Å². The molecule has 2 atom stereocenters. The predicted octanol–water partition coefficient (Wildman–Crippen LogP) is 4.05. The number of hydrogen-bond donors (Lipinski definition) is 2. The van der Waals surface area contributed by atoms with Gasteiger partial charge in [-0.3, -0.25) is 4.79 Å². The van der Waals surface area contributed by atoms with Crippen molar-refractivity contribution in [1.82, 2.24) is 10.0 Å². The molecule has 8 heteroatoms. The molecule has 2 N–H and O–H groups in total. The van der Waals surface area contributed by atoms with E-state index in [1.165, 1.54) is 24.3 Å². The molecule has 0 radical (unpaired) electrons. The molecule has 2 rings (SSSR count). The largest absolute Gasteiger partial charge is 0.490 e. The summed E-state index contributed by atoms with van der Waals surface area (Å²) in [7, 11) is -3.61. The van der Waals surface area contributed by atoms with E-state index in [0.29, 0.717) is 36.7 Å². The number of amides is 1. The first kappa shape index (κ1) is 24.7. The van der Waals surface area contributed by atoms with Crippen molar-refractivity contribution in [2.45, 2.75) is 58.0 Å². The van der Waals surface area contributed by atoms with Crippen LogP contribution in [0.2, 0.25) is 0 Å². The number of sulfonamides is 1. The van der Waals surface area contributed by atoms with Gasteiger partial charge in [-0.05, 0) is 76.1 Å². The van der Waals surface area contributed by atoms with Gasteiger partial charge in [-0.25, -0.2) is 13.1 Å². The number of carbonyl (C=O) groups excluding carboxylic acids is 1. The number of ether oxygens (including phenoxy) is 2. The van der Waals surface area contributed by atoms with Crippen molar-refractivity contribution in [1.29, 1.82) is 0 Å². The first-order valence-corrected chi connectivity index (χ1v) is 12.0. The molecule has 7 nitrogen and oxygen atoms in total. The van der Waals surface area contributed by atoms with E-state index in [1.807, 2.05) is 45.9 Å². The molecule has 0 saturated heterocycles. The average Bonchev–Trinajstić information content (AvgIpc) is 2.74. The van der Waals surface area contributed by atoms with Crippen molar-refractivity contribution in [3.05, 3.63) is 53.6 Å². The maximum absolute atomic E-state index is 12.7. The summed E-state index contributed by atoms with van der Waals surface area (Å²) in [4.78, 5) is 12.8. The lowest BCUT2D eigenvalue weighted by Crippen LogP contribution is -2.32. The number of benzene rings is 2. The van der Waals surface area contributed by atoms with Gasteiger partial charge in [0.1, 0.15) is 0 Å². The molecule has 0 aromatic heterocycles. The minimum absolute atomic E-state index is 0.130. The third-order valence-corrected chi connectivity index (χ3v) is 6.42. The molecule has 0 aliphatic rings. The maximum atomic E-state index is 12.7. The van der Waals surface area contributed by atoms with Crippen LogP contribution in [0.15, 0.2) is 47.4 Å². The van der Waals surface area contributed by atoms with Crippen molar-refractivity contribution < 1.29 is 22.7 Å². The first-order chi connectivity index (χ1) is 14.7. The van der Waals surface area contributed by atoms with E-state index in [0.717, 1.165) is 5.56 Å².